The summed E-state index contributed by atoms with van der Waals surface area (Å²) in [6, 6.07) is 8.02. The van der Waals surface area contributed by atoms with Crippen LogP contribution in [0.2, 0.25) is 0 Å². The smallest absolute Gasteiger partial charge is 0.227 e. The summed E-state index contributed by atoms with van der Waals surface area (Å²) in [5, 5.41) is 10.2. The lowest BCUT2D eigenvalue weighted by Crippen LogP contribution is -2.30. The molecule has 2 N–H and O–H groups in total. The van der Waals surface area contributed by atoms with Crippen LogP contribution in [0.5, 0.6) is 0 Å². The lowest BCUT2D eigenvalue weighted by Gasteiger charge is -2.15. The number of carbonyl (C=O) groups is 1. The molecule has 1 aliphatic heterocycles. The van der Waals surface area contributed by atoms with E-state index in [0.29, 0.717) is 13.0 Å². The number of aliphatic hydroxyl groups is 1. The van der Waals surface area contributed by atoms with Gasteiger partial charge in [-0.3, -0.25) is 4.79 Å². The standard InChI is InChI=1S/C15H18N2O2/c18-10-11-5-6-17(9-11)15(19)7-12-8-16-14-4-2-1-3-13(12)14/h1-4,8,11,16,18H,5-7,9-10H2. The number of amides is 1. The molecule has 1 fully saturated rings. The molecule has 1 aliphatic rings. The number of H-pyrrole nitrogens is 1. The average Bonchev–Trinajstić information content (AvgIpc) is 3.06. The Balaban J connectivity index is 1.73. The Morgan fingerprint density at radius 1 is 1.42 bits per heavy atom. The van der Waals surface area contributed by atoms with Gasteiger partial charge in [0, 0.05) is 42.7 Å². The molecule has 3 rings (SSSR count). The normalized spacial score (nSPS) is 19.2. The molecule has 0 aliphatic carbocycles. The van der Waals surface area contributed by atoms with Gasteiger partial charge in [-0.2, -0.15) is 0 Å². The largest absolute Gasteiger partial charge is 0.396 e. The molecule has 1 saturated heterocycles. The van der Waals surface area contributed by atoms with Gasteiger partial charge in [0.05, 0.1) is 6.42 Å². The van der Waals surface area contributed by atoms with Crippen LogP contribution < -0.4 is 0 Å². The predicted molar refractivity (Wildman–Crippen MR) is 73.8 cm³/mol. The minimum atomic E-state index is 0.153. The van der Waals surface area contributed by atoms with Crippen molar-refractivity contribution in [3.63, 3.8) is 0 Å². The lowest BCUT2D eigenvalue weighted by atomic mass is 10.1. The highest BCUT2D eigenvalue weighted by molar-refractivity contribution is 5.88. The highest BCUT2D eigenvalue weighted by Crippen LogP contribution is 2.21. The van der Waals surface area contributed by atoms with Gasteiger partial charge in [-0.1, -0.05) is 18.2 Å². The van der Waals surface area contributed by atoms with Gasteiger partial charge in [-0.05, 0) is 18.1 Å². The second-order valence-electron chi connectivity index (χ2n) is 5.21. The maximum atomic E-state index is 12.2. The molecule has 1 amide bonds. The number of nitrogens with one attached hydrogen (secondary N) is 1. The van der Waals surface area contributed by atoms with Crippen LogP contribution in [-0.2, 0) is 11.2 Å². The third-order valence-electron chi connectivity index (χ3n) is 3.91. The van der Waals surface area contributed by atoms with Crippen LogP contribution in [0.15, 0.2) is 30.5 Å². The van der Waals surface area contributed by atoms with Crippen molar-refractivity contribution in [1.82, 2.24) is 9.88 Å². The molecule has 4 nitrogen and oxygen atoms in total. The molecule has 2 aromatic rings. The molecule has 1 aromatic carbocycles. The van der Waals surface area contributed by atoms with Gasteiger partial charge in [0.2, 0.25) is 5.91 Å². The van der Waals surface area contributed by atoms with Crippen LogP contribution in [0.3, 0.4) is 0 Å². The zero-order valence-corrected chi connectivity index (χ0v) is 10.8. The van der Waals surface area contributed by atoms with Crippen molar-refractivity contribution in [2.45, 2.75) is 12.8 Å². The average molecular weight is 258 g/mol. The van der Waals surface area contributed by atoms with Gasteiger partial charge in [0.15, 0.2) is 0 Å². The second kappa shape index (κ2) is 5.05. The fraction of sp³-hybridized carbons (Fsp3) is 0.400. The minimum Gasteiger partial charge on any atom is -0.396 e. The van der Waals surface area contributed by atoms with Crippen molar-refractivity contribution in [2.75, 3.05) is 19.7 Å². The highest BCUT2D eigenvalue weighted by Gasteiger charge is 2.25. The van der Waals surface area contributed by atoms with Gasteiger partial charge in [-0.15, -0.1) is 0 Å². The third kappa shape index (κ3) is 2.36. The molecule has 1 aromatic heterocycles. The summed E-state index contributed by atoms with van der Waals surface area (Å²) in [6.07, 6.45) is 3.26. The Hall–Kier alpha value is -1.81. The van der Waals surface area contributed by atoms with Crippen molar-refractivity contribution < 1.29 is 9.90 Å². The summed E-state index contributed by atoms with van der Waals surface area (Å²) < 4.78 is 0. The van der Waals surface area contributed by atoms with Crippen molar-refractivity contribution in [2.24, 2.45) is 5.92 Å². The first kappa shape index (κ1) is 12.2. The highest BCUT2D eigenvalue weighted by atomic mass is 16.3. The first-order chi connectivity index (χ1) is 9.28. The van der Waals surface area contributed by atoms with Gasteiger partial charge < -0.3 is 15.0 Å². The number of aromatic amines is 1. The van der Waals surface area contributed by atoms with E-state index in [9.17, 15) is 4.79 Å². The van der Waals surface area contributed by atoms with E-state index < -0.39 is 0 Å². The summed E-state index contributed by atoms with van der Waals surface area (Å²) >= 11 is 0. The number of para-hydroxylation sites is 1. The quantitative estimate of drug-likeness (QED) is 0.877. The van der Waals surface area contributed by atoms with E-state index in [1.807, 2.05) is 35.4 Å². The summed E-state index contributed by atoms with van der Waals surface area (Å²) in [5.74, 6) is 0.410. The van der Waals surface area contributed by atoms with Crippen molar-refractivity contribution in [1.29, 1.82) is 0 Å². The lowest BCUT2D eigenvalue weighted by molar-refractivity contribution is -0.129. The zero-order valence-electron chi connectivity index (χ0n) is 10.8. The summed E-state index contributed by atoms with van der Waals surface area (Å²) in [7, 11) is 0. The number of hydrogen-bond donors (Lipinski definition) is 2. The van der Waals surface area contributed by atoms with Crippen molar-refractivity contribution >= 4 is 16.8 Å². The Labute approximate surface area is 112 Å². The van der Waals surface area contributed by atoms with Crippen LogP contribution in [0.4, 0.5) is 0 Å². The monoisotopic (exact) mass is 258 g/mol. The van der Waals surface area contributed by atoms with E-state index in [-0.39, 0.29) is 18.4 Å². The second-order valence-corrected chi connectivity index (χ2v) is 5.21. The SMILES string of the molecule is O=C(Cc1c[nH]c2ccccc12)N1CCC(CO)C1. The molecule has 19 heavy (non-hydrogen) atoms. The van der Waals surface area contributed by atoms with Crippen LogP contribution >= 0.6 is 0 Å². The molecule has 100 valence electrons. The van der Waals surface area contributed by atoms with Crippen LogP contribution in [0.25, 0.3) is 10.9 Å². The molecular weight excluding hydrogens is 240 g/mol. The number of nitrogens with zero attached hydrogens (tertiary/aromatic N) is 1. The van der Waals surface area contributed by atoms with Gasteiger partial charge in [-0.25, -0.2) is 0 Å². The number of aromatic nitrogens is 1. The fourth-order valence-electron chi connectivity index (χ4n) is 2.76. The van der Waals surface area contributed by atoms with Crippen LogP contribution in [0, 0.1) is 5.92 Å². The van der Waals surface area contributed by atoms with E-state index >= 15 is 0 Å². The third-order valence-corrected chi connectivity index (χ3v) is 3.91. The van der Waals surface area contributed by atoms with Gasteiger partial charge >= 0.3 is 0 Å². The number of aliphatic hydroxyl groups excluding tert-OH is 1. The van der Waals surface area contributed by atoms with E-state index in [1.54, 1.807) is 0 Å². The molecule has 1 atom stereocenters. The molecule has 0 spiro atoms. The van der Waals surface area contributed by atoms with E-state index in [2.05, 4.69) is 4.98 Å². The zero-order chi connectivity index (χ0) is 13.2. The molecule has 0 radical (unpaired) electrons. The molecular formula is C15H18N2O2. The van der Waals surface area contributed by atoms with Crippen LogP contribution in [-0.4, -0.2) is 40.6 Å². The molecule has 1 unspecified atom stereocenters. The Morgan fingerprint density at radius 3 is 3.05 bits per heavy atom. The molecule has 2 heterocycles. The first-order valence-corrected chi connectivity index (χ1v) is 6.71. The van der Waals surface area contributed by atoms with Crippen LogP contribution in [0.1, 0.15) is 12.0 Å². The van der Waals surface area contributed by atoms with Crippen molar-refractivity contribution in [3.05, 3.63) is 36.0 Å². The number of hydrogen-bond acceptors (Lipinski definition) is 2. The predicted octanol–water partition coefficient (Wildman–Crippen LogP) is 1.55. The maximum absolute atomic E-state index is 12.2. The van der Waals surface area contributed by atoms with E-state index in [4.69, 9.17) is 5.11 Å². The number of carbonyl (C=O) groups excluding carboxylic acids is 1. The molecule has 4 heteroatoms. The van der Waals surface area contributed by atoms with Gasteiger partial charge in [0.1, 0.15) is 0 Å². The Morgan fingerprint density at radius 2 is 2.26 bits per heavy atom. The van der Waals surface area contributed by atoms with Gasteiger partial charge in [0.25, 0.3) is 0 Å². The molecule has 0 bridgehead atoms. The summed E-state index contributed by atoms with van der Waals surface area (Å²) in [5.41, 5.74) is 2.12. The minimum absolute atomic E-state index is 0.153. The fourth-order valence-corrected chi connectivity index (χ4v) is 2.76. The number of likely N-dealkylation sites (tertiary alicyclic amines) is 1. The molecule has 0 saturated carbocycles. The van der Waals surface area contributed by atoms with E-state index in [0.717, 1.165) is 29.4 Å². The first-order valence-electron chi connectivity index (χ1n) is 6.71. The number of rotatable bonds is 3. The Kier molecular flexibility index (Phi) is 3.25. The number of benzene rings is 1. The summed E-state index contributed by atoms with van der Waals surface area (Å²) in [6.45, 7) is 1.64. The topological polar surface area (TPSA) is 56.3 Å². The van der Waals surface area contributed by atoms with E-state index in [1.165, 1.54) is 0 Å². The Bertz CT molecular complexity index is 591. The van der Waals surface area contributed by atoms with Crippen molar-refractivity contribution in [3.8, 4) is 0 Å². The maximum Gasteiger partial charge on any atom is 0.227 e. The summed E-state index contributed by atoms with van der Waals surface area (Å²) in [4.78, 5) is 17.3. The number of fused-ring (bicyclic) bond motifs is 1.